The number of carbonyl (C=O) groups excluding carboxylic acids is 1. The molecule has 2 rings (SSSR count). The van der Waals surface area contributed by atoms with Gasteiger partial charge in [0.25, 0.3) is 0 Å². The van der Waals surface area contributed by atoms with Gasteiger partial charge in [0.1, 0.15) is 15.7 Å². The van der Waals surface area contributed by atoms with Crippen molar-refractivity contribution >= 4 is 21.6 Å². The van der Waals surface area contributed by atoms with E-state index in [0.29, 0.717) is 6.20 Å². The van der Waals surface area contributed by atoms with Gasteiger partial charge in [-0.05, 0) is 37.8 Å². The van der Waals surface area contributed by atoms with Crippen LogP contribution in [0.2, 0.25) is 0 Å². The van der Waals surface area contributed by atoms with Crippen LogP contribution in [0.25, 0.3) is 0 Å². The lowest BCUT2D eigenvalue weighted by molar-refractivity contribution is -0.137. The maximum atomic E-state index is 12.9. The number of rotatable bonds is 5. The number of hydrogen-bond donors (Lipinski definition) is 1. The molecular weight excluding hydrogens is 369 g/mol. The highest BCUT2D eigenvalue weighted by Crippen LogP contribution is 2.40. The van der Waals surface area contributed by atoms with Crippen molar-refractivity contribution in [1.82, 2.24) is 4.98 Å². The Labute approximate surface area is 151 Å². The Bertz CT molecular complexity index is 742. The molecule has 1 aliphatic carbocycles. The van der Waals surface area contributed by atoms with Crippen LogP contribution in [0.1, 0.15) is 44.6 Å². The molecule has 0 bridgehead atoms. The Morgan fingerprint density at radius 1 is 1.23 bits per heavy atom. The molecule has 1 aliphatic rings. The quantitative estimate of drug-likeness (QED) is 0.830. The van der Waals surface area contributed by atoms with Gasteiger partial charge < -0.3 is 5.32 Å². The Kier molecular flexibility index (Phi) is 5.99. The number of sulfone groups is 1. The lowest BCUT2D eigenvalue weighted by Crippen LogP contribution is -2.46. The van der Waals surface area contributed by atoms with E-state index in [4.69, 9.17) is 0 Å². The third-order valence-corrected chi connectivity index (χ3v) is 6.04. The highest BCUT2D eigenvalue weighted by Gasteiger charge is 2.44. The molecule has 1 fully saturated rings. The molecule has 0 aromatic carbocycles. The van der Waals surface area contributed by atoms with Crippen LogP contribution in [-0.4, -0.2) is 31.3 Å². The minimum atomic E-state index is -4.51. The van der Waals surface area contributed by atoms with Gasteiger partial charge >= 0.3 is 6.18 Å². The van der Waals surface area contributed by atoms with Gasteiger partial charge in [0.05, 0.1) is 16.7 Å². The Hall–Kier alpha value is -1.64. The average molecular weight is 392 g/mol. The van der Waals surface area contributed by atoms with Gasteiger partial charge in [0.2, 0.25) is 5.91 Å². The summed E-state index contributed by atoms with van der Waals surface area (Å²) in [4.78, 5) is 16.5. The Morgan fingerprint density at radius 2 is 1.85 bits per heavy atom. The van der Waals surface area contributed by atoms with Crippen molar-refractivity contribution < 1.29 is 26.4 Å². The number of aromatic nitrogens is 1. The zero-order valence-electron chi connectivity index (χ0n) is 14.8. The normalized spacial score (nSPS) is 19.0. The van der Waals surface area contributed by atoms with Crippen molar-refractivity contribution in [3.05, 3.63) is 23.9 Å². The largest absolute Gasteiger partial charge is 0.417 e. The summed E-state index contributed by atoms with van der Waals surface area (Å²) in [5, 5.41) is 2.50. The zero-order valence-corrected chi connectivity index (χ0v) is 15.6. The van der Waals surface area contributed by atoms with Crippen molar-refractivity contribution in [1.29, 1.82) is 0 Å². The number of nitrogens with one attached hydrogen (secondary N) is 1. The molecule has 0 saturated heterocycles. The third-order valence-electron chi connectivity index (χ3n) is 4.92. The maximum Gasteiger partial charge on any atom is 0.417 e. The maximum absolute atomic E-state index is 12.9. The number of nitrogens with zero attached hydrogens (tertiary/aromatic N) is 1. The van der Waals surface area contributed by atoms with E-state index in [2.05, 4.69) is 10.3 Å². The smallest absolute Gasteiger partial charge is 0.310 e. The van der Waals surface area contributed by atoms with Gasteiger partial charge in [0, 0.05) is 12.5 Å². The van der Waals surface area contributed by atoms with E-state index < -0.39 is 32.9 Å². The van der Waals surface area contributed by atoms with E-state index in [0.717, 1.165) is 50.5 Å². The molecule has 1 saturated carbocycles. The lowest BCUT2D eigenvalue weighted by atomic mass is 9.70. The molecule has 0 aliphatic heterocycles. The first kappa shape index (κ1) is 20.7. The first-order chi connectivity index (χ1) is 11.9. The second kappa shape index (κ2) is 7.54. The fourth-order valence-electron chi connectivity index (χ4n) is 3.55. The van der Waals surface area contributed by atoms with Crippen molar-refractivity contribution in [2.45, 2.75) is 45.2 Å². The Morgan fingerprint density at radius 3 is 2.31 bits per heavy atom. The van der Waals surface area contributed by atoms with Crippen LogP contribution in [0.15, 0.2) is 18.3 Å². The number of anilines is 1. The van der Waals surface area contributed by atoms with Crippen molar-refractivity contribution in [3.8, 4) is 0 Å². The van der Waals surface area contributed by atoms with E-state index >= 15 is 0 Å². The van der Waals surface area contributed by atoms with Crippen LogP contribution in [0.3, 0.4) is 0 Å². The van der Waals surface area contributed by atoms with Gasteiger partial charge in [0.15, 0.2) is 0 Å². The molecule has 1 atom stereocenters. The van der Waals surface area contributed by atoms with E-state index in [1.54, 1.807) is 6.92 Å². The fraction of sp³-hybridized carbons (Fsp3) is 0.647. The van der Waals surface area contributed by atoms with Gasteiger partial charge in [-0.15, -0.1) is 0 Å². The summed E-state index contributed by atoms with van der Waals surface area (Å²) < 4.78 is 61.6. The van der Waals surface area contributed by atoms with Crippen LogP contribution in [-0.2, 0) is 20.8 Å². The zero-order chi connectivity index (χ0) is 19.6. The number of amides is 1. The summed E-state index contributed by atoms with van der Waals surface area (Å²) in [6, 6.07) is 1.90. The molecule has 26 heavy (non-hydrogen) atoms. The third kappa shape index (κ3) is 5.18. The molecule has 9 heteroatoms. The fourth-order valence-corrected chi connectivity index (χ4v) is 5.00. The second-order valence-electron chi connectivity index (χ2n) is 7.21. The Balaban J connectivity index is 2.23. The number of pyridine rings is 1. The number of carbonyl (C=O) groups is 1. The molecule has 1 heterocycles. The molecule has 1 unspecified atom stereocenters. The number of alkyl halides is 3. The predicted molar refractivity (Wildman–Crippen MR) is 92.3 cm³/mol. The minimum absolute atomic E-state index is 0.0291. The molecule has 0 spiro atoms. The SMILES string of the molecule is CC(CS(C)(=O)=O)(C(=O)Nc1ccc(C(F)(F)F)cn1)C1CCCCC1. The summed E-state index contributed by atoms with van der Waals surface area (Å²) in [5.41, 5.74) is -2.07. The first-order valence-corrected chi connectivity index (χ1v) is 10.5. The molecule has 146 valence electrons. The van der Waals surface area contributed by atoms with Gasteiger partial charge in [-0.25, -0.2) is 13.4 Å². The summed E-state index contributed by atoms with van der Waals surface area (Å²) in [7, 11) is -3.42. The predicted octanol–water partition coefficient (Wildman–Crippen LogP) is 3.67. The van der Waals surface area contributed by atoms with Crippen molar-refractivity contribution in [3.63, 3.8) is 0 Å². The van der Waals surface area contributed by atoms with Gasteiger partial charge in [-0.3, -0.25) is 4.79 Å². The van der Waals surface area contributed by atoms with Crippen LogP contribution in [0.5, 0.6) is 0 Å². The molecule has 5 nitrogen and oxygen atoms in total. The molecular formula is C17H23F3N2O3S. The second-order valence-corrected chi connectivity index (χ2v) is 9.35. The van der Waals surface area contributed by atoms with E-state index in [9.17, 15) is 26.4 Å². The lowest BCUT2D eigenvalue weighted by Gasteiger charge is -2.38. The van der Waals surface area contributed by atoms with Crippen LogP contribution in [0, 0.1) is 11.3 Å². The van der Waals surface area contributed by atoms with Crippen LogP contribution in [0.4, 0.5) is 19.0 Å². The number of halogens is 3. The molecule has 0 radical (unpaired) electrons. The average Bonchev–Trinajstić information content (AvgIpc) is 2.53. The van der Waals surface area contributed by atoms with Crippen molar-refractivity contribution in [2.75, 3.05) is 17.3 Å². The highest BCUT2D eigenvalue weighted by atomic mass is 32.2. The molecule has 1 N–H and O–H groups in total. The summed E-state index contributed by atoms with van der Waals surface area (Å²) >= 11 is 0. The summed E-state index contributed by atoms with van der Waals surface area (Å²) in [6.07, 6.45) is 1.61. The molecule has 1 aromatic heterocycles. The van der Waals surface area contributed by atoms with Crippen LogP contribution < -0.4 is 5.32 Å². The minimum Gasteiger partial charge on any atom is -0.310 e. The highest BCUT2D eigenvalue weighted by molar-refractivity contribution is 7.90. The van der Waals surface area contributed by atoms with Crippen LogP contribution >= 0.6 is 0 Å². The van der Waals surface area contributed by atoms with Crippen molar-refractivity contribution in [2.24, 2.45) is 11.3 Å². The summed E-state index contributed by atoms with van der Waals surface area (Å²) in [5.74, 6) is -0.960. The standard InChI is InChI=1S/C17H23F3N2O3S/c1-16(11-26(2,24)25,12-6-4-3-5-7-12)15(23)22-14-9-8-13(10-21-14)17(18,19)20/h8-10,12H,3-7,11H2,1-2H3,(H,21,22,23). The number of hydrogen-bond acceptors (Lipinski definition) is 4. The first-order valence-electron chi connectivity index (χ1n) is 8.44. The van der Waals surface area contributed by atoms with Gasteiger partial charge in [-0.1, -0.05) is 19.3 Å². The molecule has 1 amide bonds. The van der Waals surface area contributed by atoms with E-state index in [1.807, 2.05) is 0 Å². The van der Waals surface area contributed by atoms with E-state index in [-0.39, 0.29) is 17.5 Å². The van der Waals surface area contributed by atoms with E-state index in [1.165, 1.54) is 0 Å². The topological polar surface area (TPSA) is 76.1 Å². The van der Waals surface area contributed by atoms with Gasteiger partial charge in [-0.2, -0.15) is 13.2 Å². The monoisotopic (exact) mass is 392 g/mol. The molecule has 1 aromatic rings. The summed E-state index contributed by atoms with van der Waals surface area (Å²) in [6.45, 7) is 1.61.